The van der Waals surface area contributed by atoms with Crippen LogP contribution in [0.4, 0.5) is 4.79 Å². The number of aromatic hydroxyl groups is 1. The maximum atomic E-state index is 13.6. The summed E-state index contributed by atoms with van der Waals surface area (Å²) in [6.45, 7) is 14.5. The lowest BCUT2D eigenvalue weighted by Crippen LogP contribution is -2.55. The first-order chi connectivity index (χ1) is 15.3. The van der Waals surface area contributed by atoms with Gasteiger partial charge in [-0.25, -0.2) is 4.79 Å². The second kappa shape index (κ2) is 12.5. The molecule has 33 heavy (non-hydrogen) atoms. The number of phenolic OH excluding ortho intramolecular Hbond substituents is 1. The van der Waals surface area contributed by atoms with Crippen molar-refractivity contribution in [2.45, 2.75) is 104 Å². The van der Waals surface area contributed by atoms with Gasteiger partial charge in [-0.15, -0.1) is 0 Å². The van der Waals surface area contributed by atoms with Gasteiger partial charge in [0.2, 0.25) is 11.8 Å². The second-order valence-electron chi connectivity index (χ2n) is 9.57. The van der Waals surface area contributed by atoms with Crippen molar-refractivity contribution in [3.63, 3.8) is 0 Å². The highest BCUT2D eigenvalue weighted by Crippen LogP contribution is 2.28. The Morgan fingerprint density at radius 3 is 2.24 bits per heavy atom. The number of hydrogen-bond donors (Lipinski definition) is 3. The number of phenols is 1. The molecule has 4 unspecified atom stereocenters. The first-order valence-corrected chi connectivity index (χ1v) is 11.7. The summed E-state index contributed by atoms with van der Waals surface area (Å²) in [5, 5.41) is 15.6. The molecule has 0 heterocycles. The normalized spacial score (nSPS) is 15.0. The highest BCUT2D eigenvalue weighted by Gasteiger charge is 2.37. The third-order valence-electron chi connectivity index (χ3n) is 5.25. The van der Waals surface area contributed by atoms with Crippen molar-refractivity contribution in [1.29, 1.82) is 0 Å². The number of carbonyl (C=O) groups is 3. The number of benzene rings is 1. The summed E-state index contributed by atoms with van der Waals surface area (Å²) < 4.78 is 5.28. The van der Waals surface area contributed by atoms with E-state index in [2.05, 4.69) is 10.6 Å². The SMILES string of the molecule is CCCC(C)NC(=O)C(c1cccc(O)c1)N(C(=O)C(C)NC(=O)OC(C)(C)C)C(C)CC. The van der Waals surface area contributed by atoms with E-state index >= 15 is 0 Å². The van der Waals surface area contributed by atoms with Crippen LogP contribution in [-0.2, 0) is 14.3 Å². The summed E-state index contributed by atoms with van der Waals surface area (Å²) in [6, 6.07) is 4.08. The predicted molar refractivity (Wildman–Crippen MR) is 129 cm³/mol. The van der Waals surface area contributed by atoms with Crippen molar-refractivity contribution in [3.05, 3.63) is 29.8 Å². The number of nitrogens with zero attached hydrogens (tertiary/aromatic N) is 1. The summed E-state index contributed by atoms with van der Waals surface area (Å²) >= 11 is 0. The minimum absolute atomic E-state index is 0.00313. The van der Waals surface area contributed by atoms with E-state index in [1.54, 1.807) is 39.8 Å². The van der Waals surface area contributed by atoms with Crippen LogP contribution in [0.5, 0.6) is 5.75 Å². The quantitative estimate of drug-likeness (QED) is 0.480. The van der Waals surface area contributed by atoms with Crippen LogP contribution in [0, 0.1) is 0 Å². The lowest BCUT2D eigenvalue weighted by molar-refractivity contribution is -0.145. The van der Waals surface area contributed by atoms with E-state index in [0.29, 0.717) is 12.0 Å². The van der Waals surface area contributed by atoms with Gasteiger partial charge in [-0.3, -0.25) is 9.59 Å². The van der Waals surface area contributed by atoms with E-state index in [9.17, 15) is 19.5 Å². The molecule has 8 nitrogen and oxygen atoms in total. The van der Waals surface area contributed by atoms with Crippen molar-refractivity contribution in [2.75, 3.05) is 0 Å². The molecule has 0 fully saturated rings. The van der Waals surface area contributed by atoms with Crippen LogP contribution in [0.2, 0.25) is 0 Å². The molecule has 3 N–H and O–H groups in total. The summed E-state index contributed by atoms with van der Waals surface area (Å²) in [5.74, 6) is -0.745. The van der Waals surface area contributed by atoms with Crippen molar-refractivity contribution >= 4 is 17.9 Å². The van der Waals surface area contributed by atoms with Crippen molar-refractivity contribution in [2.24, 2.45) is 0 Å². The van der Waals surface area contributed by atoms with Crippen LogP contribution in [0.15, 0.2) is 24.3 Å². The molecule has 1 rings (SSSR count). The van der Waals surface area contributed by atoms with Gasteiger partial charge in [-0.2, -0.15) is 0 Å². The summed E-state index contributed by atoms with van der Waals surface area (Å²) in [6.07, 6.45) is 1.59. The maximum Gasteiger partial charge on any atom is 0.408 e. The van der Waals surface area contributed by atoms with E-state index in [1.165, 1.54) is 17.0 Å². The van der Waals surface area contributed by atoms with Gasteiger partial charge in [0.25, 0.3) is 0 Å². The summed E-state index contributed by atoms with van der Waals surface area (Å²) in [5.41, 5.74) is -0.211. The summed E-state index contributed by atoms with van der Waals surface area (Å²) in [4.78, 5) is 40.8. The molecular weight excluding hydrogens is 422 g/mol. The van der Waals surface area contributed by atoms with E-state index in [1.807, 2.05) is 27.7 Å². The number of amides is 3. The number of rotatable bonds is 10. The van der Waals surface area contributed by atoms with Crippen LogP contribution >= 0.6 is 0 Å². The fourth-order valence-electron chi connectivity index (χ4n) is 3.53. The molecule has 186 valence electrons. The highest BCUT2D eigenvalue weighted by atomic mass is 16.6. The van der Waals surface area contributed by atoms with Gasteiger partial charge in [0.15, 0.2) is 0 Å². The Hall–Kier alpha value is -2.77. The van der Waals surface area contributed by atoms with Gasteiger partial charge in [-0.05, 0) is 72.1 Å². The molecule has 3 amide bonds. The number of hydrogen-bond acceptors (Lipinski definition) is 5. The zero-order valence-electron chi connectivity index (χ0n) is 21.3. The van der Waals surface area contributed by atoms with Gasteiger partial charge >= 0.3 is 6.09 Å². The van der Waals surface area contributed by atoms with Crippen molar-refractivity contribution in [1.82, 2.24) is 15.5 Å². The molecule has 0 aliphatic carbocycles. The van der Waals surface area contributed by atoms with Gasteiger partial charge in [0.1, 0.15) is 23.4 Å². The molecule has 0 radical (unpaired) electrons. The first-order valence-electron chi connectivity index (χ1n) is 11.7. The smallest absolute Gasteiger partial charge is 0.408 e. The average molecular weight is 464 g/mol. The topological polar surface area (TPSA) is 108 Å². The molecule has 0 aromatic heterocycles. The lowest BCUT2D eigenvalue weighted by atomic mass is 9.99. The number of nitrogens with one attached hydrogen (secondary N) is 2. The molecule has 4 atom stereocenters. The van der Waals surface area contributed by atoms with Crippen LogP contribution < -0.4 is 10.6 Å². The Bertz CT molecular complexity index is 805. The van der Waals surface area contributed by atoms with Gasteiger partial charge in [-0.1, -0.05) is 32.4 Å². The Labute approximate surface area is 198 Å². The molecule has 0 aliphatic heterocycles. The van der Waals surface area contributed by atoms with Crippen LogP contribution in [0.25, 0.3) is 0 Å². The fourth-order valence-corrected chi connectivity index (χ4v) is 3.53. The first kappa shape index (κ1) is 28.3. The molecule has 0 bridgehead atoms. The maximum absolute atomic E-state index is 13.6. The largest absolute Gasteiger partial charge is 0.508 e. The third kappa shape index (κ3) is 8.94. The molecule has 0 aliphatic rings. The number of alkyl carbamates (subject to hydrolysis) is 1. The number of carbonyl (C=O) groups excluding carboxylic acids is 3. The molecule has 1 aromatic carbocycles. The zero-order valence-corrected chi connectivity index (χ0v) is 21.3. The van der Waals surface area contributed by atoms with E-state index in [-0.39, 0.29) is 23.7 Å². The zero-order chi connectivity index (χ0) is 25.3. The Morgan fingerprint density at radius 2 is 1.73 bits per heavy atom. The van der Waals surface area contributed by atoms with E-state index in [0.717, 1.165) is 12.8 Å². The van der Waals surface area contributed by atoms with Gasteiger partial charge in [0, 0.05) is 12.1 Å². The monoisotopic (exact) mass is 463 g/mol. The molecule has 0 saturated heterocycles. The van der Waals surface area contributed by atoms with Crippen LogP contribution in [0.1, 0.15) is 86.3 Å². The Morgan fingerprint density at radius 1 is 1.09 bits per heavy atom. The average Bonchev–Trinajstić information content (AvgIpc) is 2.69. The minimum atomic E-state index is -0.971. The van der Waals surface area contributed by atoms with Crippen molar-refractivity contribution in [3.8, 4) is 5.75 Å². The third-order valence-corrected chi connectivity index (χ3v) is 5.25. The summed E-state index contributed by atoms with van der Waals surface area (Å²) in [7, 11) is 0. The fraction of sp³-hybridized carbons (Fsp3) is 0.640. The highest BCUT2D eigenvalue weighted by molar-refractivity contribution is 5.92. The predicted octanol–water partition coefficient (Wildman–Crippen LogP) is 4.28. The standard InChI is InChI=1S/C25H41N3O5/c1-9-12-16(3)26-22(30)21(19-13-11-14-20(29)15-19)28(17(4)10-2)23(31)18(5)27-24(32)33-25(6,7)8/h11,13-18,21,29H,9-10,12H2,1-8H3,(H,26,30)(H,27,32). The number of ether oxygens (including phenoxy) is 1. The van der Waals surface area contributed by atoms with Crippen molar-refractivity contribution < 1.29 is 24.2 Å². The van der Waals surface area contributed by atoms with Gasteiger partial charge in [0.05, 0.1) is 0 Å². The van der Waals surface area contributed by atoms with Crippen LogP contribution in [0.3, 0.4) is 0 Å². The lowest BCUT2D eigenvalue weighted by Gasteiger charge is -2.38. The molecular formula is C25H41N3O5. The molecule has 0 spiro atoms. The Kier molecular flexibility index (Phi) is 10.7. The minimum Gasteiger partial charge on any atom is -0.508 e. The van der Waals surface area contributed by atoms with E-state index in [4.69, 9.17) is 4.74 Å². The van der Waals surface area contributed by atoms with Gasteiger partial charge < -0.3 is 25.4 Å². The van der Waals surface area contributed by atoms with Crippen LogP contribution in [-0.4, -0.2) is 51.6 Å². The second-order valence-corrected chi connectivity index (χ2v) is 9.57. The molecule has 1 aromatic rings. The van der Waals surface area contributed by atoms with E-state index < -0.39 is 29.7 Å². The Balaban J connectivity index is 3.34. The molecule has 0 saturated carbocycles. The molecule has 8 heteroatoms.